The Labute approximate surface area is 245 Å². The van der Waals surface area contributed by atoms with Crippen molar-refractivity contribution in [3.8, 4) is 0 Å². The summed E-state index contributed by atoms with van der Waals surface area (Å²) in [6.45, 7) is 3.62. The van der Waals surface area contributed by atoms with Gasteiger partial charge in [-0.2, -0.15) is 0 Å². The van der Waals surface area contributed by atoms with E-state index in [9.17, 15) is 19.5 Å². The van der Waals surface area contributed by atoms with Crippen LogP contribution in [0.3, 0.4) is 0 Å². The molecule has 1 spiro atoms. The number of ether oxygens (including phenoxy) is 3. The summed E-state index contributed by atoms with van der Waals surface area (Å²) in [6.07, 6.45) is 16.0. The molecule has 3 fully saturated rings. The lowest BCUT2D eigenvalue weighted by atomic mass is 9.63. The molecule has 8 nitrogen and oxygen atoms in total. The van der Waals surface area contributed by atoms with E-state index in [-0.39, 0.29) is 42.8 Å². The monoisotopic (exact) mass is 573 g/mol. The number of esters is 2. The number of aliphatic hydroxyl groups excluding tert-OH is 1. The third-order valence-electron chi connectivity index (χ3n) is 9.24. The topological polar surface area (TPSA) is 111 Å². The molecule has 41 heavy (non-hydrogen) atoms. The first-order valence-electron chi connectivity index (χ1n) is 15.7. The second-order valence-electron chi connectivity index (χ2n) is 12.2. The number of carbonyl (C=O) groups excluding carboxylic acids is 3. The SMILES string of the molecule is CC(=O)O[C@H]1CCCCC12CCCCC2.CC(=O)O[C@H]1CCCC[C@]1(CCCO)CNC(=O)OCc1ccccc1. The van der Waals surface area contributed by atoms with Gasteiger partial charge in [-0.05, 0) is 69.8 Å². The quantitative estimate of drug-likeness (QED) is 0.252. The third kappa shape index (κ3) is 10.3. The molecule has 2 N–H and O–H groups in total. The maximum Gasteiger partial charge on any atom is 0.407 e. The zero-order chi connectivity index (χ0) is 29.6. The summed E-state index contributed by atoms with van der Waals surface area (Å²) in [4.78, 5) is 34.7. The van der Waals surface area contributed by atoms with Gasteiger partial charge in [0.05, 0.1) is 0 Å². The molecular weight excluding hydrogens is 522 g/mol. The molecule has 3 atom stereocenters. The predicted octanol–water partition coefficient (Wildman–Crippen LogP) is 6.62. The number of benzene rings is 1. The van der Waals surface area contributed by atoms with Gasteiger partial charge in [0.15, 0.2) is 0 Å². The van der Waals surface area contributed by atoms with Crippen molar-refractivity contribution in [3.63, 3.8) is 0 Å². The molecular formula is C33H51NO7. The normalized spacial score (nSPS) is 25.2. The van der Waals surface area contributed by atoms with Gasteiger partial charge in [-0.15, -0.1) is 0 Å². The highest BCUT2D eigenvalue weighted by atomic mass is 16.6. The van der Waals surface area contributed by atoms with Gasteiger partial charge in [0, 0.05) is 37.8 Å². The van der Waals surface area contributed by atoms with E-state index in [1.807, 2.05) is 30.3 Å². The molecule has 1 aromatic carbocycles. The Morgan fingerprint density at radius 3 is 2.05 bits per heavy atom. The molecule has 3 aliphatic rings. The predicted molar refractivity (Wildman–Crippen MR) is 157 cm³/mol. The third-order valence-corrected chi connectivity index (χ3v) is 9.24. The minimum atomic E-state index is -0.482. The summed E-state index contributed by atoms with van der Waals surface area (Å²) in [7, 11) is 0. The number of carbonyl (C=O) groups is 3. The molecule has 1 aromatic rings. The lowest BCUT2D eigenvalue weighted by molar-refractivity contribution is -0.159. The summed E-state index contributed by atoms with van der Waals surface area (Å²) in [5.41, 5.74) is 0.939. The zero-order valence-electron chi connectivity index (χ0n) is 25.2. The van der Waals surface area contributed by atoms with Crippen LogP contribution in [-0.2, 0) is 30.4 Å². The Morgan fingerprint density at radius 2 is 1.41 bits per heavy atom. The number of nitrogens with one attached hydrogen (secondary N) is 1. The summed E-state index contributed by atoms with van der Waals surface area (Å²) in [5, 5.41) is 12.1. The number of amides is 1. The second-order valence-corrected chi connectivity index (χ2v) is 12.2. The molecule has 0 unspecified atom stereocenters. The average Bonchev–Trinajstić information content (AvgIpc) is 2.97. The van der Waals surface area contributed by atoms with E-state index in [2.05, 4.69) is 5.32 Å². The molecule has 1 amide bonds. The lowest BCUT2D eigenvalue weighted by Gasteiger charge is -2.45. The van der Waals surface area contributed by atoms with Crippen LogP contribution in [0.5, 0.6) is 0 Å². The Morgan fingerprint density at radius 1 is 0.829 bits per heavy atom. The van der Waals surface area contributed by atoms with Crippen molar-refractivity contribution in [1.82, 2.24) is 5.32 Å². The van der Waals surface area contributed by atoms with E-state index in [0.29, 0.717) is 24.8 Å². The van der Waals surface area contributed by atoms with E-state index in [4.69, 9.17) is 14.2 Å². The first-order chi connectivity index (χ1) is 19.8. The van der Waals surface area contributed by atoms with Gasteiger partial charge >= 0.3 is 18.0 Å². The molecule has 0 radical (unpaired) electrons. The highest BCUT2D eigenvalue weighted by molar-refractivity contribution is 5.67. The molecule has 230 valence electrons. The molecule has 3 saturated carbocycles. The molecule has 0 bridgehead atoms. The minimum Gasteiger partial charge on any atom is -0.462 e. The number of rotatable bonds is 9. The van der Waals surface area contributed by atoms with E-state index >= 15 is 0 Å². The van der Waals surface area contributed by atoms with Crippen molar-refractivity contribution < 1.29 is 33.7 Å². The Hall–Kier alpha value is -2.61. The average molecular weight is 574 g/mol. The van der Waals surface area contributed by atoms with Crippen molar-refractivity contribution in [2.75, 3.05) is 13.2 Å². The summed E-state index contributed by atoms with van der Waals surface area (Å²) >= 11 is 0. The fourth-order valence-electron chi connectivity index (χ4n) is 7.17. The summed E-state index contributed by atoms with van der Waals surface area (Å²) < 4.78 is 16.4. The Balaban J connectivity index is 0.000000260. The van der Waals surface area contributed by atoms with Crippen molar-refractivity contribution in [2.24, 2.45) is 10.8 Å². The summed E-state index contributed by atoms with van der Waals surface area (Å²) in [6, 6.07) is 9.49. The highest BCUT2D eigenvalue weighted by Crippen LogP contribution is 2.49. The molecule has 0 heterocycles. The van der Waals surface area contributed by atoms with Crippen molar-refractivity contribution in [2.45, 2.75) is 129 Å². The van der Waals surface area contributed by atoms with Gasteiger partial charge in [-0.3, -0.25) is 9.59 Å². The fourth-order valence-corrected chi connectivity index (χ4v) is 7.17. The van der Waals surface area contributed by atoms with Gasteiger partial charge in [0.25, 0.3) is 0 Å². The number of hydrogen-bond acceptors (Lipinski definition) is 7. The standard InChI is InChI=1S/C20H29NO5.C13H22O2/c1-16(23)26-18-10-5-6-11-20(18,12-7-13-22)15-21-19(24)25-14-17-8-3-2-4-9-17;1-11(14)15-12-7-3-6-10-13(12)8-4-2-5-9-13/h2-4,8-9,18,22H,5-7,10-15H2,1H3,(H,21,24);12H,2-10H2,1H3/t18-,20-;12-/m00/s1. The second kappa shape index (κ2) is 16.7. The molecule has 0 saturated heterocycles. The van der Waals surface area contributed by atoms with Crippen LogP contribution in [0, 0.1) is 10.8 Å². The van der Waals surface area contributed by atoms with Crippen LogP contribution in [-0.4, -0.2) is 48.5 Å². The van der Waals surface area contributed by atoms with Crippen molar-refractivity contribution in [1.29, 1.82) is 0 Å². The van der Waals surface area contributed by atoms with Gasteiger partial charge in [-0.1, -0.05) is 62.4 Å². The van der Waals surface area contributed by atoms with Crippen LogP contribution >= 0.6 is 0 Å². The first kappa shape index (κ1) is 32.9. The minimum absolute atomic E-state index is 0.0764. The van der Waals surface area contributed by atoms with Crippen LogP contribution in [0.4, 0.5) is 4.79 Å². The van der Waals surface area contributed by atoms with Crippen LogP contribution in [0.2, 0.25) is 0 Å². The van der Waals surface area contributed by atoms with Crippen LogP contribution in [0.1, 0.15) is 116 Å². The van der Waals surface area contributed by atoms with Gasteiger partial charge < -0.3 is 24.6 Å². The molecule has 4 rings (SSSR count). The molecule has 0 aromatic heterocycles. The lowest BCUT2D eigenvalue weighted by Crippen LogP contribution is -2.49. The Kier molecular flexibility index (Phi) is 13.4. The molecule has 3 aliphatic carbocycles. The van der Waals surface area contributed by atoms with Gasteiger partial charge in [0.1, 0.15) is 18.8 Å². The van der Waals surface area contributed by atoms with Crippen molar-refractivity contribution in [3.05, 3.63) is 35.9 Å². The smallest absolute Gasteiger partial charge is 0.407 e. The van der Waals surface area contributed by atoms with E-state index < -0.39 is 6.09 Å². The van der Waals surface area contributed by atoms with Crippen LogP contribution < -0.4 is 5.32 Å². The van der Waals surface area contributed by atoms with Crippen LogP contribution in [0.25, 0.3) is 0 Å². The zero-order valence-corrected chi connectivity index (χ0v) is 25.2. The number of hydrogen-bond donors (Lipinski definition) is 2. The van der Waals surface area contributed by atoms with E-state index in [1.165, 1.54) is 58.3 Å². The number of aliphatic hydroxyl groups is 1. The highest BCUT2D eigenvalue weighted by Gasteiger charge is 2.44. The molecule has 8 heteroatoms. The first-order valence-corrected chi connectivity index (χ1v) is 15.7. The van der Waals surface area contributed by atoms with Crippen LogP contribution in [0.15, 0.2) is 30.3 Å². The summed E-state index contributed by atoms with van der Waals surface area (Å²) in [5.74, 6) is -0.399. The maximum atomic E-state index is 12.1. The van der Waals surface area contributed by atoms with E-state index in [1.54, 1.807) is 6.92 Å². The largest absolute Gasteiger partial charge is 0.462 e. The van der Waals surface area contributed by atoms with E-state index in [0.717, 1.165) is 37.7 Å². The van der Waals surface area contributed by atoms with Gasteiger partial charge in [-0.25, -0.2) is 4.79 Å². The van der Waals surface area contributed by atoms with Gasteiger partial charge in [0.2, 0.25) is 0 Å². The Bertz CT molecular complexity index is 938. The number of alkyl carbamates (subject to hydrolysis) is 1. The fraction of sp³-hybridized carbons (Fsp3) is 0.727. The molecule has 0 aliphatic heterocycles. The van der Waals surface area contributed by atoms with Crippen molar-refractivity contribution >= 4 is 18.0 Å². The maximum absolute atomic E-state index is 12.1.